The summed E-state index contributed by atoms with van der Waals surface area (Å²) in [6.45, 7) is 23.8. The topological polar surface area (TPSA) is 149 Å². The normalized spacial score (nSPS) is 22.1. The number of rotatable bonds is 22. The van der Waals surface area contributed by atoms with Crippen molar-refractivity contribution in [2.24, 2.45) is 35.5 Å². The molecule has 8 bridgehead atoms. The third-order valence-corrected chi connectivity index (χ3v) is 14.3. The van der Waals surface area contributed by atoms with Gasteiger partial charge in [0.25, 0.3) is 0 Å². The number of Topliss-reactive ketones (excluding diaryl/α,β-unsaturated/α-hetero) is 1. The minimum absolute atomic E-state index is 0. The van der Waals surface area contributed by atoms with Gasteiger partial charge in [-0.05, 0) is 95.0 Å². The summed E-state index contributed by atoms with van der Waals surface area (Å²) in [6.07, 6.45) is 21.2. The van der Waals surface area contributed by atoms with E-state index in [-0.39, 0.29) is 47.3 Å². The van der Waals surface area contributed by atoms with Crippen molar-refractivity contribution in [1.29, 1.82) is 0 Å². The van der Waals surface area contributed by atoms with Crippen molar-refractivity contribution in [3.8, 4) is 0 Å². The molecule has 0 saturated carbocycles. The van der Waals surface area contributed by atoms with Crippen molar-refractivity contribution in [2.75, 3.05) is 20.3 Å². The van der Waals surface area contributed by atoms with Crippen LogP contribution >= 0.6 is 0 Å². The Labute approximate surface area is 410 Å². The van der Waals surface area contributed by atoms with E-state index in [4.69, 9.17) is 29.7 Å². The van der Waals surface area contributed by atoms with E-state index in [0.29, 0.717) is 65.0 Å². The Balaban J connectivity index is 0.00000817. The number of ketones is 1. The smallest absolute Gasteiger partial charge is 0.664 e. The molecule has 2 aliphatic heterocycles. The number of hydrogen-bond acceptors (Lipinski definition) is 6. The van der Waals surface area contributed by atoms with Gasteiger partial charge in [-0.15, -0.1) is 33.5 Å². The molecule has 10 nitrogen and oxygen atoms in total. The van der Waals surface area contributed by atoms with Crippen LogP contribution in [-0.4, -0.2) is 71.6 Å². The Morgan fingerprint density at radius 3 is 2.17 bits per heavy atom. The van der Waals surface area contributed by atoms with Crippen molar-refractivity contribution < 1.29 is 29.3 Å². The van der Waals surface area contributed by atoms with Crippen LogP contribution < -0.4 is 25.7 Å². The summed E-state index contributed by atoms with van der Waals surface area (Å²) in [5, 5.41) is 27.9. The molecule has 1 saturated heterocycles. The van der Waals surface area contributed by atoms with E-state index in [1.807, 2.05) is 39.0 Å². The van der Waals surface area contributed by atoms with Crippen molar-refractivity contribution in [3.05, 3.63) is 102 Å². The van der Waals surface area contributed by atoms with Crippen LogP contribution in [0.1, 0.15) is 173 Å². The molecular formula is C55H74MgN4O6-2. The number of methoxy groups -OCH3 is 1. The summed E-state index contributed by atoms with van der Waals surface area (Å²) in [5.74, 6) is -0.390. The number of ether oxygens (including phenoxy) is 2. The standard InChI is InChI=1S/C55H75N4O6.Mg/c1-12-39-35(7)42-28-44-37(9)41(22-23-48(61)65-27-25-34(6)21-15-20-33(5)19-14-18-32(4)17-13-16-31(2)3)52(58-44)50-51(55(63)64-11)54(62)49-38(10)45(59-53(49)50)30-47-40(24-26-60)36(8)43(57-47)29-46(39)56-42;/h12,25,28-33,37,41,48,51,60-61H,1,13-24,26-27H2,2-11H3,(H-,58,59,62);/q-3;+2/p-1/b34-25+,43-29-,44-28-,47-30-;/t32-,33-,37+,41+,48?,51-;/m1./s1. The minimum Gasteiger partial charge on any atom is -0.664 e. The van der Waals surface area contributed by atoms with Gasteiger partial charge in [0.05, 0.1) is 13.7 Å². The molecule has 3 aromatic heterocycles. The van der Waals surface area contributed by atoms with Crippen LogP contribution in [0.2, 0.25) is 0 Å². The number of nitrogens with zero attached hydrogens (tertiary/aromatic N) is 4. The maximum absolute atomic E-state index is 14.4. The number of aliphatic hydroxyl groups excluding tert-OH is 2. The van der Waals surface area contributed by atoms with E-state index >= 15 is 0 Å². The largest absolute Gasteiger partial charge is 2.00 e. The number of aromatic nitrogens is 3. The van der Waals surface area contributed by atoms with Gasteiger partial charge in [-0.1, -0.05) is 150 Å². The number of hydrogen-bond donors (Lipinski definition) is 2. The zero-order chi connectivity index (χ0) is 47.1. The van der Waals surface area contributed by atoms with Gasteiger partial charge in [0.15, 0.2) is 12.1 Å². The van der Waals surface area contributed by atoms with Gasteiger partial charge < -0.3 is 40.0 Å². The van der Waals surface area contributed by atoms with Gasteiger partial charge in [0.2, 0.25) is 0 Å². The molecule has 66 heavy (non-hydrogen) atoms. The Bertz CT molecular complexity index is 2430. The van der Waals surface area contributed by atoms with E-state index in [0.717, 1.165) is 75.3 Å². The second-order valence-corrected chi connectivity index (χ2v) is 19.7. The van der Waals surface area contributed by atoms with Crippen LogP contribution in [0, 0.1) is 56.3 Å². The van der Waals surface area contributed by atoms with Crippen LogP contribution in [0.25, 0.3) is 35.2 Å². The van der Waals surface area contributed by atoms with E-state index in [1.165, 1.54) is 57.6 Å². The first-order chi connectivity index (χ1) is 31.1. The molecule has 1 fully saturated rings. The average Bonchev–Trinajstić information content (AvgIpc) is 4.00. The molecule has 2 N–H and O–H groups in total. The fourth-order valence-corrected chi connectivity index (χ4v) is 10.1. The van der Waals surface area contributed by atoms with Crippen molar-refractivity contribution in [2.45, 2.75) is 146 Å². The molecule has 5 heterocycles. The van der Waals surface area contributed by atoms with Crippen LogP contribution in [0.3, 0.4) is 0 Å². The summed E-state index contributed by atoms with van der Waals surface area (Å²) in [5.41, 5.74) is 10.1. The molecule has 0 radical (unpaired) electrons. The monoisotopic (exact) mass is 911 g/mol. The third kappa shape index (κ3) is 12.0. The summed E-state index contributed by atoms with van der Waals surface area (Å²) in [7, 11) is 1.29. The number of esters is 1. The Kier molecular flexibility index (Phi) is 19.2. The third-order valence-electron chi connectivity index (χ3n) is 14.3. The second-order valence-electron chi connectivity index (χ2n) is 19.7. The molecule has 0 aromatic carbocycles. The number of carbonyl (C=O) groups excluding carboxylic acids is 2. The van der Waals surface area contributed by atoms with E-state index in [2.05, 4.69) is 54.2 Å². The van der Waals surface area contributed by atoms with Gasteiger partial charge in [0.1, 0.15) is 5.92 Å². The van der Waals surface area contributed by atoms with Crippen LogP contribution in [0.5, 0.6) is 0 Å². The predicted molar refractivity (Wildman–Crippen MR) is 267 cm³/mol. The van der Waals surface area contributed by atoms with Crippen molar-refractivity contribution in [3.63, 3.8) is 0 Å². The summed E-state index contributed by atoms with van der Waals surface area (Å²) in [6, 6.07) is 0. The Morgan fingerprint density at radius 2 is 1.52 bits per heavy atom. The van der Waals surface area contributed by atoms with Crippen LogP contribution in [0.4, 0.5) is 0 Å². The molecule has 3 aliphatic rings. The maximum Gasteiger partial charge on any atom is 2.00 e. The molecular weight excluding hydrogens is 837 g/mol. The number of aliphatic hydroxyl groups is 2. The fraction of sp³-hybridized carbons (Fsp3) is 0.564. The first-order valence-electron chi connectivity index (χ1n) is 24.3. The molecule has 3 aromatic rings. The van der Waals surface area contributed by atoms with E-state index in [1.54, 1.807) is 6.08 Å². The fourth-order valence-electron chi connectivity index (χ4n) is 10.1. The predicted octanol–water partition coefficient (Wildman–Crippen LogP) is 9.13. The molecule has 1 aliphatic carbocycles. The maximum atomic E-state index is 14.4. The van der Waals surface area contributed by atoms with Gasteiger partial charge in [-0.2, -0.15) is 11.4 Å². The van der Waals surface area contributed by atoms with Gasteiger partial charge >= 0.3 is 29.0 Å². The van der Waals surface area contributed by atoms with Crippen LogP contribution in [-0.2, 0) is 20.7 Å². The molecule has 6 rings (SSSR count). The zero-order valence-corrected chi connectivity index (χ0v) is 43.0. The molecule has 11 heteroatoms. The summed E-state index contributed by atoms with van der Waals surface area (Å²) in [4.78, 5) is 43.2. The molecule has 354 valence electrons. The van der Waals surface area contributed by atoms with Crippen LogP contribution in [0.15, 0.2) is 29.6 Å². The minimum atomic E-state index is -1.23. The summed E-state index contributed by atoms with van der Waals surface area (Å²) >= 11 is 0. The van der Waals surface area contributed by atoms with Gasteiger partial charge in [0, 0.05) is 12.2 Å². The number of fused-ring (bicyclic) bond motifs is 7. The molecule has 1 unspecified atom stereocenters. The van der Waals surface area contributed by atoms with E-state index < -0.39 is 18.2 Å². The first-order valence-corrected chi connectivity index (χ1v) is 24.3. The Hall–Kier alpha value is -3.87. The van der Waals surface area contributed by atoms with Gasteiger partial charge in [-0.3, -0.25) is 9.59 Å². The summed E-state index contributed by atoms with van der Waals surface area (Å²) < 4.78 is 11.2. The molecule has 6 atom stereocenters. The zero-order valence-electron chi connectivity index (χ0n) is 41.6. The molecule has 0 amide bonds. The first kappa shape index (κ1) is 53.1. The average molecular weight is 912 g/mol. The van der Waals surface area contributed by atoms with Crippen molar-refractivity contribution >= 4 is 64.7 Å². The second kappa shape index (κ2) is 23.9. The number of carbonyl (C=O) groups is 2. The Morgan fingerprint density at radius 1 is 0.864 bits per heavy atom. The number of allylic oxidation sites excluding steroid dienone is 3. The molecule has 0 spiro atoms. The quantitative estimate of drug-likeness (QED) is 0.0331. The van der Waals surface area contributed by atoms with E-state index in [9.17, 15) is 19.8 Å². The van der Waals surface area contributed by atoms with Crippen molar-refractivity contribution in [1.82, 2.24) is 15.0 Å². The SMILES string of the molecule is C=Cc1c2[n-]c(c1C)/C=C1\[N-]/C(=C3\c4[n-]c(c(C)c4C(=O)[C@@H]3C(=O)OC)/C=c3\[n-]/c(c(C)c3CCO)=C\2)[C@@H](CCC(O)OC/C=C(\C)CCC[C@H](C)CCC[C@H](C)CCCC(C)C)[C@@H]1C.[Mg+2]. The van der Waals surface area contributed by atoms with Gasteiger partial charge in [-0.25, -0.2) is 0 Å².